The van der Waals surface area contributed by atoms with Crippen molar-refractivity contribution in [3.63, 3.8) is 0 Å². The second-order valence-corrected chi connectivity index (χ2v) is 6.15. The van der Waals surface area contributed by atoms with Crippen molar-refractivity contribution in [2.45, 2.75) is 0 Å². The molecule has 0 bridgehead atoms. The number of phenols is 1. The number of aromatic hydroxyl groups is 1. The van der Waals surface area contributed by atoms with Crippen LogP contribution in [0.25, 0.3) is 28.1 Å². The van der Waals surface area contributed by atoms with Crippen LogP contribution in [0.4, 0.5) is 0 Å². The third-order valence-corrected chi connectivity index (χ3v) is 4.50. The number of phenolic OH excluding ortho intramolecular Hbond substituents is 1. The molecule has 118 valence electrons. The van der Waals surface area contributed by atoms with Crippen LogP contribution < -0.4 is 0 Å². The minimum atomic E-state index is -0.137. The molecule has 0 aliphatic heterocycles. The molecule has 0 unspecified atom stereocenters. The zero-order valence-corrected chi connectivity index (χ0v) is 14.0. The predicted octanol–water partition coefficient (Wildman–Crippen LogP) is 5.70. The zero-order chi connectivity index (χ0) is 16.7. The standard InChI is InChI=1S/C19H12Cl2N2O/c20-14-11-15-17(16(21)18(14)24)23(13-9-5-2-6-10-13)19(22-15)12-7-3-1-4-8-12/h1-11,24H. The summed E-state index contributed by atoms with van der Waals surface area (Å²) >= 11 is 12.5. The molecular weight excluding hydrogens is 343 g/mol. The molecule has 3 aromatic carbocycles. The Hall–Kier alpha value is -2.49. The Kier molecular flexibility index (Phi) is 3.68. The highest BCUT2D eigenvalue weighted by Gasteiger charge is 2.20. The average molecular weight is 355 g/mol. The van der Waals surface area contributed by atoms with Gasteiger partial charge in [0.1, 0.15) is 10.8 Å². The van der Waals surface area contributed by atoms with Crippen molar-refractivity contribution in [2.24, 2.45) is 0 Å². The van der Waals surface area contributed by atoms with Gasteiger partial charge < -0.3 is 5.11 Å². The third kappa shape index (κ3) is 2.33. The minimum Gasteiger partial charge on any atom is -0.505 e. The molecule has 4 rings (SSSR count). The summed E-state index contributed by atoms with van der Waals surface area (Å²) in [6.07, 6.45) is 0. The Morgan fingerprint density at radius 1 is 0.875 bits per heavy atom. The fraction of sp³-hybridized carbons (Fsp3) is 0. The molecule has 5 heteroatoms. The maximum absolute atomic E-state index is 10.2. The monoisotopic (exact) mass is 354 g/mol. The van der Waals surface area contributed by atoms with Gasteiger partial charge in [-0.15, -0.1) is 0 Å². The molecule has 0 spiro atoms. The number of hydrogen-bond donors (Lipinski definition) is 1. The molecule has 0 aliphatic rings. The van der Waals surface area contributed by atoms with Crippen LogP contribution in [0.3, 0.4) is 0 Å². The van der Waals surface area contributed by atoms with Crippen LogP contribution in [0.1, 0.15) is 0 Å². The van der Waals surface area contributed by atoms with Crippen LogP contribution in [0.15, 0.2) is 66.7 Å². The van der Waals surface area contributed by atoms with Crippen molar-refractivity contribution in [3.05, 3.63) is 76.8 Å². The van der Waals surface area contributed by atoms with E-state index >= 15 is 0 Å². The lowest BCUT2D eigenvalue weighted by atomic mass is 10.2. The Morgan fingerprint density at radius 2 is 1.50 bits per heavy atom. The van der Waals surface area contributed by atoms with Crippen molar-refractivity contribution >= 4 is 34.2 Å². The number of benzene rings is 3. The van der Waals surface area contributed by atoms with Crippen molar-refractivity contribution in [1.29, 1.82) is 0 Å². The van der Waals surface area contributed by atoms with Crippen LogP contribution in [-0.4, -0.2) is 14.7 Å². The summed E-state index contributed by atoms with van der Waals surface area (Å²) in [6.45, 7) is 0. The van der Waals surface area contributed by atoms with Gasteiger partial charge in [0.25, 0.3) is 0 Å². The van der Waals surface area contributed by atoms with Crippen LogP contribution >= 0.6 is 23.2 Å². The average Bonchev–Trinajstić information content (AvgIpc) is 3.00. The van der Waals surface area contributed by atoms with Crippen molar-refractivity contribution < 1.29 is 5.11 Å². The van der Waals surface area contributed by atoms with Gasteiger partial charge in [0.2, 0.25) is 0 Å². The third-order valence-electron chi connectivity index (χ3n) is 3.86. The number of nitrogens with zero attached hydrogens (tertiary/aromatic N) is 2. The molecule has 0 saturated heterocycles. The molecule has 1 N–H and O–H groups in total. The lowest BCUT2D eigenvalue weighted by Crippen LogP contribution is -1.97. The Labute approximate surface area is 148 Å². The van der Waals surface area contributed by atoms with Gasteiger partial charge in [0, 0.05) is 11.3 Å². The van der Waals surface area contributed by atoms with Crippen LogP contribution in [0, 0.1) is 0 Å². The fourth-order valence-electron chi connectivity index (χ4n) is 2.76. The summed E-state index contributed by atoms with van der Waals surface area (Å²) in [5.74, 6) is 0.600. The summed E-state index contributed by atoms with van der Waals surface area (Å²) in [5.41, 5.74) is 3.11. The number of fused-ring (bicyclic) bond motifs is 1. The van der Waals surface area contributed by atoms with Gasteiger partial charge in [-0.3, -0.25) is 4.57 Å². The van der Waals surface area contributed by atoms with Gasteiger partial charge in [-0.05, 0) is 18.2 Å². The van der Waals surface area contributed by atoms with Gasteiger partial charge in [-0.1, -0.05) is 71.7 Å². The number of rotatable bonds is 2. The molecule has 0 atom stereocenters. The van der Waals surface area contributed by atoms with E-state index in [4.69, 9.17) is 28.2 Å². The van der Waals surface area contributed by atoms with E-state index in [1.165, 1.54) is 0 Å². The highest BCUT2D eigenvalue weighted by atomic mass is 35.5. The van der Waals surface area contributed by atoms with Crippen molar-refractivity contribution in [3.8, 4) is 22.8 Å². The number of halogens is 2. The van der Waals surface area contributed by atoms with Gasteiger partial charge in [0.15, 0.2) is 5.75 Å². The fourth-order valence-corrected chi connectivity index (χ4v) is 3.29. The number of aromatic nitrogens is 2. The topological polar surface area (TPSA) is 38.1 Å². The van der Waals surface area contributed by atoms with Crippen molar-refractivity contribution in [1.82, 2.24) is 9.55 Å². The maximum atomic E-state index is 10.2. The first kappa shape index (κ1) is 15.1. The molecule has 0 saturated carbocycles. The lowest BCUT2D eigenvalue weighted by molar-refractivity contribution is 0.476. The van der Waals surface area contributed by atoms with E-state index in [1.54, 1.807) is 6.07 Å². The summed E-state index contributed by atoms with van der Waals surface area (Å²) in [4.78, 5) is 4.71. The molecule has 1 heterocycles. The second kappa shape index (κ2) is 5.86. The van der Waals surface area contributed by atoms with Gasteiger partial charge in [-0.25, -0.2) is 4.98 Å². The maximum Gasteiger partial charge on any atom is 0.155 e. The van der Waals surface area contributed by atoms with Gasteiger partial charge in [0.05, 0.1) is 16.1 Å². The first-order chi connectivity index (χ1) is 11.7. The minimum absolute atomic E-state index is 0.137. The highest BCUT2D eigenvalue weighted by molar-refractivity contribution is 6.40. The molecule has 0 aliphatic carbocycles. The summed E-state index contributed by atoms with van der Waals surface area (Å²) in [6, 6.07) is 21.2. The summed E-state index contributed by atoms with van der Waals surface area (Å²) in [7, 11) is 0. The van der Waals surface area contributed by atoms with Gasteiger partial charge in [-0.2, -0.15) is 0 Å². The summed E-state index contributed by atoms with van der Waals surface area (Å²) < 4.78 is 1.93. The summed E-state index contributed by atoms with van der Waals surface area (Å²) in [5, 5.41) is 10.5. The molecule has 0 amide bonds. The van der Waals surface area contributed by atoms with Crippen LogP contribution in [-0.2, 0) is 0 Å². The quantitative estimate of drug-likeness (QED) is 0.500. The number of hydrogen-bond acceptors (Lipinski definition) is 2. The highest BCUT2D eigenvalue weighted by Crippen LogP contribution is 2.41. The Balaban J connectivity index is 2.15. The Morgan fingerprint density at radius 3 is 2.17 bits per heavy atom. The predicted molar refractivity (Wildman–Crippen MR) is 98.2 cm³/mol. The molecule has 4 aromatic rings. The van der Waals surface area contributed by atoms with E-state index in [-0.39, 0.29) is 15.8 Å². The molecule has 24 heavy (non-hydrogen) atoms. The zero-order valence-electron chi connectivity index (χ0n) is 12.4. The van der Waals surface area contributed by atoms with Crippen LogP contribution in [0.2, 0.25) is 10.0 Å². The molecular formula is C19H12Cl2N2O. The van der Waals surface area contributed by atoms with E-state index < -0.39 is 0 Å². The normalized spacial score (nSPS) is 11.1. The van der Waals surface area contributed by atoms with Crippen LogP contribution in [0.5, 0.6) is 5.75 Å². The molecule has 3 nitrogen and oxygen atoms in total. The second-order valence-electron chi connectivity index (χ2n) is 5.36. The van der Waals surface area contributed by atoms with E-state index in [9.17, 15) is 5.11 Å². The lowest BCUT2D eigenvalue weighted by Gasteiger charge is -2.11. The first-order valence-corrected chi connectivity index (χ1v) is 8.12. The SMILES string of the molecule is Oc1c(Cl)cc2nc(-c3ccccc3)n(-c3ccccc3)c2c1Cl. The Bertz CT molecular complexity index is 1030. The van der Waals surface area contributed by atoms with E-state index in [0.29, 0.717) is 11.0 Å². The van der Waals surface area contributed by atoms with E-state index in [0.717, 1.165) is 17.1 Å². The molecule has 0 radical (unpaired) electrons. The largest absolute Gasteiger partial charge is 0.505 e. The van der Waals surface area contributed by atoms with E-state index in [2.05, 4.69) is 0 Å². The van der Waals surface area contributed by atoms with Crippen molar-refractivity contribution in [2.75, 3.05) is 0 Å². The number of para-hydroxylation sites is 1. The molecule has 0 fully saturated rings. The van der Waals surface area contributed by atoms with Gasteiger partial charge >= 0.3 is 0 Å². The smallest absolute Gasteiger partial charge is 0.155 e. The molecule has 1 aromatic heterocycles. The first-order valence-electron chi connectivity index (χ1n) is 7.37. The number of imidazole rings is 1. The van der Waals surface area contributed by atoms with E-state index in [1.807, 2.05) is 65.2 Å².